The van der Waals surface area contributed by atoms with Gasteiger partial charge in [0.05, 0.1) is 0 Å². The Morgan fingerprint density at radius 3 is 2.55 bits per heavy atom. The Bertz CT molecular complexity index is 467. The molecule has 0 bridgehead atoms. The highest BCUT2D eigenvalue weighted by molar-refractivity contribution is 7.18. The van der Waals surface area contributed by atoms with Gasteiger partial charge in [-0.15, -0.1) is 0 Å². The molecule has 20 heavy (non-hydrogen) atoms. The number of nitrogens with two attached hydrogens (primary N) is 1. The summed E-state index contributed by atoms with van der Waals surface area (Å²) in [5.41, 5.74) is 5.69. The summed E-state index contributed by atoms with van der Waals surface area (Å²) in [6.07, 6.45) is 0. The van der Waals surface area contributed by atoms with Crippen LogP contribution in [0.25, 0.3) is 0 Å². The van der Waals surface area contributed by atoms with Gasteiger partial charge < -0.3 is 21.3 Å². The summed E-state index contributed by atoms with van der Waals surface area (Å²) in [5.74, 6) is 0.102. The van der Waals surface area contributed by atoms with E-state index in [1.165, 1.54) is 11.3 Å². The van der Waals surface area contributed by atoms with Crippen molar-refractivity contribution in [3.8, 4) is 0 Å². The number of carbonyl (C=O) groups excluding carboxylic acids is 1. The van der Waals surface area contributed by atoms with Gasteiger partial charge in [0.25, 0.3) is 5.91 Å². The quantitative estimate of drug-likeness (QED) is 0.743. The smallest absolute Gasteiger partial charge is 0.265 e. The van der Waals surface area contributed by atoms with Crippen molar-refractivity contribution in [3.05, 3.63) is 4.88 Å². The average Bonchev–Trinajstić information content (AvgIpc) is 2.66. The molecule has 1 rings (SSSR count). The van der Waals surface area contributed by atoms with Crippen LogP contribution < -0.4 is 16.4 Å². The van der Waals surface area contributed by atoms with Crippen LogP contribution in [0.1, 0.15) is 37.4 Å². The fourth-order valence-electron chi connectivity index (χ4n) is 1.34. The second kappa shape index (κ2) is 6.41. The predicted molar refractivity (Wildman–Crippen MR) is 85.4 cm³/mol. The summed E-state index contributed by atoms with van der Waals surface area (Å²) in [7, 11) is 3.97. The minimum Gasteiger partial charge on any atom is -0.382 e. The van der Waals surface area contributed by atoms with Gasteiger partial charge in [-0.25, -0.2) is 4.98 Å². The summed E-state index contributed by atoms with van der Waals surface area (Å²) in [5, 5.41) is 6.74. The molecule has 4 N–H and O–H groups in total. The Morgan fingerprint density at radius 2 is 2.05 bits per heavy atom. The molecule has 0 aliphatic heterocycles. The molecule has 0 unspecified atom stereocenters. The number of aromatic nitrogens is 1. The van der Waals surface area contributed by atoms with Crippen molar-refractivity contribution in [2.45, 2.75) is 39.3 Å². The summed E-state index contributed by atoms with van der Waals surface area (Å²) in [4.78, 5) is 18.9. The second-order valence-corrected chi connectivity index (χ2v) is 6.92. The molecular weight excluding hydrogens is 274 g/mol. The first kappa shape index (κ1) is 16.7. The van der Waals surface area contributed by atoms with Crippen LogP contribution in [0.3, 0.4) is 0 Å². The Morgan fingerprint density at radius 1 is 1.45 bits per heavy atom. The molecule has 0 aliphatic rings. The van der Waals surface area contributed by atoms with Gasteiger partial charge in [0.15, 0.2) is 5.13 Å². The first-order chi connectivity index (χ1) is 9.13. The van der Waals surface area contributed by atoms with Gasteiger partial charge in [0.1, 0.15) is 10.7 Å². The Balaban J connectivity index is 2.71. The van der Waals surface area contributed by atoms with Crippen molar-refractivity contribution in [1.29, 1.82) is 0 Å². The number of likely N-dealkylation sites (N-methyl/N-ethyl adjacent to an activating group) is 1. The molecule has 0 atom stereocenters. The molecule has 6 nitrogen and oxygen atoms in total. The summed E-state index contributed by atoms with van der Waals surface area (Å²) >= 11 is 1.28. The van der Waals surface area contributed by atoms with E-state index in [2.05, 4.69) is 34.4 Å². The lowest BCUT2D eigenvalue weighted by Gasteiger charge is -2.32. The largest absolute Gasteiger partial charge is 0.382 e. The van der Waals surface area contributed by atoms with E-state index < -0.39 is 0 Å². The van der Waals surface area contributed by atoms with Gasteiger partial charge in [-0.05, 0) is 41.8 Å². The number of amides is 1. The highest BCUT2D eigenvalue weighted by Crippen LogP contribution is 2.25. The summed E-state index contributed by atoms with van der Waals surface area (Å²) in [6, 6.07) is 0.254. The fourth-order valence-corrected chi connectivity index (χ4v) is 2.29. The lowest BCUT2D eigenvalue weighted by atomic mass is 10.0. The van der Waals surface area contributed by atoms with Crippen molar-refractivity contribution >= 4 is 28.2 Å². The molecule has 0 aliphatic carbocycles. The topological polar surface area (TPSA) is 83.3 Å². The zero-order valence-corrected chi connectivity index (χ0v) is 13.9. The van der Waals surface area contributed by atoms with Crippen LogP contribution in [0.4, 0.5) is 10.9 Å². The van der Waals surface area contributed by atoms with Crippen LogP contribution in [0, 0.1) is 0 Å². The number of anilines is 2. The maximum atomic E-state index is 12.2. The first-order valence-corrected chi connectivity index (χ1v) is 7.43. The minimum absolute atomic E-state index is 0.117. The molecular formula is C13H25N5OS. The van der Waals surface area contributed by atoms with Crippen LogP contribution >= 0.6 is 11.3 Å². The van der Waals surface area contributed by atoms with E-state index in [4.69, 9.17) is 5.73 Å². The van der Waals surface area contributed by atoms with Gasteiger partial charge in [0.2, 0.25) is 0 Å². The van der Waals surface area contributed by atoms with E-state index in [-0.39, 0.29) is 23.3 Å². The molecule has 1 aromatic heterocycles. The normalized spacial score (nSPS) is 12.0. The van der Waals surface area contributed by atoms with Crippen molar-refractivity contribution < 1.29 is 4.79 Å². The summed E-state index contributed by atoms with van der Waals surface area (Å²) in [6.45, 7) is 8.70. The standard InChI is InChI=1S/C13H25N5OS/c1-8(2)16-12-17-10(14)9(20-12)11(19)15-7-13(3,4)18(5)6/h8H,7,14H2,1-6H3,(H,15,19)(H,16,17). The molecule has 1 amide bonds. The van der Waals surface area contributed by atoms with Crippen molar-refractivity contribution in [3.63, 3.8) is 0 Å². The number of hydrogen-bond donors (Lipinski definition) is 3. The third-order valence-corrected chi connectivity index (χ3v) is 4.17. The van der Waals surface area contributed by atoms with Gasteiger partial charge >= 0.3 is 0 Å². The van der Waals surface area contributed by atoms with Crippen LogP contribution in [0.5, 0.6) is 0 Å². The molecule has 0 spiro atoms. The third-order valence-electron chi connectivity index (χ3n) is 3.16. The maximum Gasteiger partial charge on any atom is 0.265 e. The molecule has 0 fully saturated rings. The average molecular weight is 299 g/mol. The first-order valence-electron chi connectivity index (χ1n) is 6.62. The molecule has 1 heterocycles. The number of nitrogens with zero attached hydrogens (tertiary/aromatic N) is 2. The fraction of sp³-hybridized carbons (Fsp3) is 0.692. The zero-order valence-electron chi connectivity index (χ0n) is 13.1. The number of nitrogens with one attached hydrogen (secondary N) is 2. The van der Waals surface area contributed by atoms with E-state index in [0.29, 0.717) is 16.6 Å². The SMILES string of the molecule is CC(C)Nc1nc(N)c(C(=O)NCC(C)(C)N(C)C)s1. The van der Waals surface area contributed by atoms with Gasteiger partial charge in [-0.3, -0.25) is 4.79 Å². The molecule has 7 heteroatoms. The predicted octanol–water partition coefficient (Wildman–Crippen LogP) is 1.62. The highest BCUT2D eigenvalue weighted by Gasteiger charge is 2.23. The van der Waals surface area contributed by atoms with Crippen molar-refractivity contribution in [2.75, 3.05) is 31.7 Å². The zero-order chi connectivity index (χ0) is 15.5. The molecule has 1 aromatic rings. The lowest BCUT2D eigenvalue weighted by Crippen LogP contribution is -2.48. The van der Waals surface area contributed by atoms with Crippen LogP contribution in [0.15, 0.2) is 0 Å². The van der Waals surface area contributed by atoms with E-state index in [0.717, 1.165) is 0 Å². The van der Waals surface area contributed by atoms with Crippen molar-refractivity contribution in [1.82, 2.24) is 15.2 Å². The van der Waals surface area contributed by atoms with E-state index in [1.54, 1.807) is 0 Å². The number of thiazole rings is 1. The third kappa shape index (κ3) is 4.35. The Labute approximate surface area is 124 Å². The molecule has 114 valence electrons. The Kier molecular flexibility index (Phi) is 5.35. The molecule has 0 saturated carbocycles. The van der Waals surface area contributed by atoms with Crippen molar-refractivity contribution in [2.24, 2.45) is 0 Å². The lowest BCUT2D eigenvalue weighted by molar-refractivity contribution is 0.0924. The Hall–Kier alpha value is -1.34. The molecule has 0 radical (unpaired) electrons. The van der Waals surface area contributed by atoms with Gasteiger partial charge in [-0.2, -0.15) is 0 Å². The second-order valence-electron chi connectivity index (χ2n) is 5.92. The molecule has 0 aromatic carbocycles. The van der Waals surface area contributed by atoms with Crippen LogP contribution in [-0.2, 0) is 0 Å². The van der Waals surface area contributed by atoms with Crippen LogP contribution in [0.2, 0.25) is 0 Å². The van der Waals surface area contributed by atoms with Gasteiger partial charge in [0, 0.05) is 18.1 Å². The minimum atomic E-state index is -0.174. The number of hydrogen-bond acceptors (Lipinski definition) is 6. The molecule has 0 saturated heterocycles. The number of nitrogen functional groups attached to an aromatic ring is 1. The van der Waals surface area contributed by atoms with E-state index in [9.17, 15) is 4.79 Å². The van der Waals surface area contributed by atoms with Gasteiger partial charge in [-0.1, -0.05) is 11.3 Å². The van der Waals surface area contributed by atoms with E-state index >= 15 is 0 Å². The highest BCUT2D eigenvalue weighted by atomic mass is 32.1. The summed E-state index contributed by atoms with van der Waals surface area (Å²) < 4.78 is 0. The monoisotopic (exact) mass is 299 g/mol. The van der Waals surface area contributed by atoms with E-state index in [1.807, 2.05) is 27.9 Å². The number of rotatable bonds is 6. The number of carbonyl (C=O) groups is 1. The maximum absolute atomic E-state index is 12.2. The van der Waals surface area contributed by atoms with Crippen LogP contribution in [-0.4, -0.2) is 48.0 Å².